The van der Waals surface area contributed by atoms with Gasteiger partial charge in [0, 0.05) is 50.4 Å². The van der Waals surface area contributed by atoms with Gasteiger partial charge < -0.3 is 20.5 Å². The molecule has 0 bridgehead atoms. The molecule has 10 nitrogen and oxygen atoms in total. The Bertz CT molecular complexity index is 742. The Morgan fingerprint density at radius 3 is 2.67 bits per heavy atom. The van der Waals surface area contributed by atoms with Gasteiger partial charge in [-0.15, -0.1) is 10.2 Å². The highest BCUT2D eigenvalue weighted by Gasteiger charge is 2.04. The second kappa shape index (κ2) is 10.7. The Labute approximate surface area is 158 Å². The third-order valence-corrected chi connectivity index (χ3v) is 3.79. The molecule has 1 aromatic carbocycles. The van der Waals surface area contributed by atoms with Crippen LogP contribution in [0.2, 0.25) is 0 Å². The van der Waals surface area contributed by atoms with Gasteiger partial charge in [0.2, 0.25) is 0 Å². The molecule has 146 valence electrons. The molecule has 0 aliphatic heterocycles. The Morgan fingerprint density at radius 2 is 2.00 bits per heavy atom. The first-order chi connectivity index (χ1) is 13.1. The van der Waals surface area contributed by atoms with Gasteiger partial charge in [-0.1, -0.05) is 6.92 Å². The largest absolute Gasteiger partial charge is 0.383 e. The summed E-state index contributed by atoms with van der Waals surface area (Å²) >= 11 is 0. The highest BCUT2D eigenvalue weighted by molar-refractivity contribution is 5.79. The van der Waals surface area contributed by atoms with E-state index in [1.165, 1.54) is 12.1 Å². The Morgan fingerprint density at radius 1 is 1.22 bits per heavy atom. The van der Waals surface area contributed by atoms with Crippen molar-refractivity contribution < 1.29 is 4.92 Å². The minimum atomic E-state index is -0.411. The van der Waals surface area contributed by atoms with Crippen molar-refractivity contribution in [2.75, 3.05) is 31.5 Å². The second-order valence-corrected chi connectivity index (χ2v) is 5.71. The van der Waals surface area contributed by atoms with Gasteiger partial charge >= 0.3 is 0 Å². The highest BCUT2D eigenvalue weighted by atomic mass is 16.6. The molecule has 0 atom stereocenters. The number of aliphatic imine (C=N–C) groups is 1. The van der Waals surface area contributed by atoms with Crippen LogP contribution < -0.4 is 16.0 Å². The number of hydrogen-bond donors (Lipinski definition) is 3. The summed E-state index contributed by atoms with van der Waals surface area (Å²) in [5.41, 5.74) is 0.907. The Kier molecular flexibility index (Phi) is 8.01. The van der Waals surface area contributed by atoms with E-state index in [9.17, 15) is 10.1 Å². The maximum atomic E-state index is 10.7. The lowest BCUT2D eigenvalue weighted by Crippen LogP contribution is -2.39. The molecule has 2 aromatic rings. The van der Waals surface area contributed by atoms with E-state index in [0.717, 1.165) is 37.0 Å². The summed E-state index contributed by atoms with van der Waals surface area (Å²) in [5, 5.41) is 28.3. The smallest absolute Gasteiger partial charge is 0.269 e. The molecule has 0 aliphatic carbocycles. The number of guanidine groups is 1. The number of hydrogen-bond acceptors (Lipinski definition) is 6. The summed E-state index contributed by atoms with van der Waals surface area (Å²) in [4.78, 5) is 14.8. The molecule has 0 saturated carbocycles. The lowest BCUT2D eigenvalue weighted by Gasteiger charge is -2.12. The number of anilines is 1. The van der Waals surface area contributed by atoms with Crippen molar-refractivity contribution in [2.24, 2.45) is 4.99 Å². The van der Waals surface area contributed by atoms with Crippen molar-refractivity contribution in [2.45, 2.75) is 26.8 Å². The van der Waals surface area contributed by atoms with E-state index in [2.05, 4.69) is 38.1 Å². The van der Waals surface area contributed by atoms with E-state index in [0.29, 0.717) is 19.6 Å². The molecule has 0 amide bonds. The molecule has 0 unspecified atom stereocenters. The lowest BCUT2D eigenvalue weighted by atomic mass is 10.3. The fourth-order valence-corrected chi connectivity index (χ4v) is 2.44. The van der Waals surface area contributed by atoms with Gasteiger partial charge in [0.05, 0.1) is 11.5 Å². The predicted molar refractivity (Wildman–Crippen MR) is 105 cm³/mol. The minimum Gasteiger partial charge on any atom is -0.383 e. The van der Waals surface area contributed by atoms with Crippen molar-refractivity contribution in [1.82, 2.24) is 25.4 Å². The van der Waals surface area contributed by atoms with E-state index >= 15 is 0 Å². The molecule has 1 heterocycles. The van der Waals surface area contributed by atoms with Gasteiger partial charge in [-0.2, -0.15) is 0 Å². The first-order valence-corrected chi connectivity index (χ1v) is 9.01. The number of aryl methyl sites for hydroxylation is 1. The van der Waals surface area contributed by atoms with Crippen molar-refractivity contribution in [3.8, 4) is 0 Å². The first kappa shape index (κ1) is 20.1. The number of nitro groups is 1. The van der Waals surface area contributed by atoms with E-state index in [1.807, 2.05) is 11.5 Å². The van der Waals surface area contributed by atoms with Crippen LogP contribution in [0.25, 0.3) is 0 Å². The number of benzene rings is 1. The van der Waals surface area contributed by atoms with Crippen LogP contribution in [0.1, 0.15) is 19.7 Å². The topological polar surface area (TPSA) is 122 Å². The van der Waals surface area contributed by atoms with Gasteiger partial charge in [0.15, 0.2) is 5.96 Å². The molecule has 0 fully saturated rings. The van der Waals surface area contributed by atoms with Gasteiger partial charge in [0.25, 0.3) is 5.69 Å². The molecular weight excluding hydrogens is 348 g/mol. The molecule has 2 rings (SSSR count). The maximum absolute atomic E-state index is 10.7. The summed E-state index contributed by atoms with van der Waals surface area (Å²) in [6.07, 6.45) is 2.58. The van der Waals surface area contributed by atoms with Crippen LogP contribution in [0.3, 0.4) is 0 Å². The molecule has 10 heteroatoms. The van der Waals surface area contributed by atoms with E-state index < -0.39 is 4.92 Å². The standard InChI is InChI=1S/C17H26N8O2/c1-3-16-23-22-13-24(16)12-11-21-17(18-4-2)20-10-9-19-14-5-7-15(8-6-14)25(26)27/h5-8,13,19H,3-4,9-12H2,1-2H3,(H2,18,20,21). The van der Waals surface area contributed by atoms with Crippen molar-refractivity contribution in [3.05, 3.63) is 46.5 Å². The first-order valence-electron chi connectivity index (χ1n) is 9.01. The van der Waals surface area contributed by atoms with Gasteiger partial charge in [0.1, 0.15) is 12.2 Å². The SMILES string of the molecule is CCNC(=NCCNc1ccc([N+](=O)[O-])cc1)NCCn1cnnc1CC. The molecule has 27 heavy (non-hydrogen) atoms. The summed E-state index contributed by atoms with van der Waals surface area (Å²) in [6, 6.07) is 6.34. The third-order valence-electron chi connectivity index (χ3n) is 3.79. The van der Waals surface area contributed by atoms with Crippen LogP contribution in [0.15, 0.2) is 35.6 Å². The van der Waals surface area contributed by atoms with E-state index in [4.69, 9.17) is 0 Å². The average molecular weight is 374 g/mol. The number of nitrogens with zero attached hydrogens (tertiary/aromatic N) is 5. The van der Waals surface area contributed by atoms with Gasteiger partial charge in [-0.3, -0.25) is 15.1 Å². The number of nitrogens with one attached hydrogen (secondary N) is 3. The van der Waals surface area contributed by atoms with E-state index in [1.54, 1.807) is 18.5 Å². The quantitative estimate of drug-likeness (QED) is 0.189. The van der Waals surface area contributed by atoms with Crippen LogP contribution in [-0.2, 0) is 13.0 Å². The average Bonchev–Trinajstić information content (AvgIpc) is 3.13. The fourth-order valence-electron chi connectivity index (χ4n) is 2.44. The van der Waals surface area contributed by atoms with Crippen LogP contribution in [-0.4, -0.2) is 51.8 Å². The zero-order valence-electron chi connectivity index (χ0n) is 15.7. The Balaban J connectivity index is 1.76. The number of non-ortho nitro benzene ring substituents is 1. The summed E-state index contributed by atoms with van der Waals surface area (Å²) < 4.78 is 2.02. The van der Waals surface area contributed by atoms with E-state index in [-0.39, 0.29) is 5.69 Å². The zero-order chi connectivity index (χ0) is 19.5. The maximum Gasteiger partial charge on any atom is 0.269 e. The Hall–Kier alpha value is -3.17. The second-order valence-electron chi connectivity index (χ2n) is 5.71. The van der Waals surface area contributed by atoms with Crippen LogP contribution in [0.5, 0.6) is 0 Å². The third kappa shape index (κ3) is 6.57. The fraction of sp³-hybridized carbons (Fsp3) is 0.471. The molecule has 0 saturated heterocycles. The minimum absolute atomic E-state index is 0.0801. The van der Waals surface area contributed by atoms with Crippen LogP contribution in [0, 0.1) is 10.1 Å². The molecule has 3 N–H and O–H groups in total. The lowest BCUT2D eigenvalue weighted by molar-refractivity contribution is -0.384. The summed E-state index contributed by atoms with van der Waals surface area (Å²) in [6.45, 7) is 7.51. The van der Waals surface area contributed by atoms with Crippen molar-refractivity contribution >= 4 is 17.3 Å². The molecule has 0 spiro atoms. The number of rotatable bonds is 10. The van der Waals surface area contributed by atoms with Crippen molar-refractivity contribution in [1.29, 1.82) is 0 Å². The van der Waals surface area contributed by atoms with Crippen LogP contribution >= 0.6 is 0 Å². The highest BCUT2D eigenvalue weighted by Crippen LogP contribution is 2.14. The van der Waals surface area contributed by atoms with Crippen molar-refractivity contribution in [3.63, 3.8) is 0 Å². The molecule has 0 radical (unpaired) electrons. The summed E-state index contributed by atoms with van der Waals surface area (Å²) in [5.74, 6) is 1.71. The molecular formula is C17H26N8O2. The summed E-state index contributed by atoms with van der Waals surface area (Å²) in [7, 11) is 0. The van der Waals surface area contributed by atoms with Gasteiger partial charge in [-0.25, -0.2) is 0 Å². The number of aromatic nitrogens is 3. The van der Waals surface area contributed by atoms with Gasteiger partial charge in [-0.05, 0) is 19.1 Å². The predicted octanol–water partition coefficient (Wildman–Crippen LogP) is 1.42. The molecule has 0 aliphatic rings. The normalized spacial score (nSPS) is 11.3. The monoisotopic (exact) mass is 374 g/mol. The zero-order valence-corrected chi connectivity index (χ0v) is 15.7. The van der Waals surface area contributed by atoms with Crippen LogP contribution in [0.4, 0.5) is 11.4 Å². The molecule has 1 aromatic heterocycles. The number of nitro benzene ring substituents is 1.